The molecule has 2 rings (SSSR count). The van der Waals surface area contributed by atoms with E-state index in [9.17, 15) is 8.42 Å². The second-order valence-electron chi connectivity index (χ2n) is 6.69. The van der Waals surface area contributed by atoms with Crippen molar-refractivity contribution in [3.63, 3.8) is 0 Å². The fourth-order valence-electron chi connectivity index (χ4n) is 2.62. The first kappa shape index (κ1) is 19.6. The summed E-state index contributed by atoms with van der Waals surface area (Å²) in [5, 5.41) is -0.259. The van der Waals surface area contributed by atoms with E-state index in [0.717, 1.165) is 55.5 Å². The number of rotatable bonds is 10. The normalized spacial score (nSPS) is 11.8. The molecular formula is C20H28N2O2S. The van der Waals surface area contributed by atoms with Crippen LogP contribution in [0, 0.1) is 0 Å². The lowest BCUT2D eigenvalue weighted by Crippen LogP contribution is -2.17. The molecule has 5 heteroatoms. The highest BCUT2D eigenvalue weighted by Crippen LogP contribution is 2.15. The molecule has 2 aromatic rings. The van der Waals surface area contributed by atoms with Crippen molar-refractivity contribution in [2.24, 2.45) is 0 Å². The minimum absolute atomic E-state index is 0.259. The van der Waals surface area contributed by atoms with Gasteiger partial charge in [-0.1, -0.05) is 49.6 Å². The second-order valence-corrected chi connectivity index (χ2v) is 9.37. The molecule has 0 amide bonds. The summed E-state index contributed by atoms with van der Waals surface area (Å²) in [6, 6.07) is 10.0. The molecule has 25 heavy (non-hydrogen) atoms. The average Bonchev–Trinajstić information content (AvgIpc) is 2.62. The number of aromatic nitrogens is 2. The molecule has 0 bridgehead atoms. The van der Waals surface area contributed by atoms with Crippen LogP contribution in [0.5, 0.6) is 0 Å². The second kappa shape index (κ2) is 9.66. The van der Waals surface area contributed by atoms with Crippen LogP contribution in [0.15, 0.2) is 42.7 Å². The molecule has 0 N–H and O–H groups in total. The molecule has 136 valence electrons. The summed E-state index contributed by atoms with van der Waals surface area (Å²) >= 11 is 0. The van der Waals surface area contributed by atoms with Gasteiger partial charge in [-0.3, -0.25) is 9.97 Å². The molecule has 0 aliphatic heterocycles. The van der Waals surface area contributed by atoms with Crippen molar-refractivity contribution in [3.8, 4) is 11.3 Å². The predicted molar refractivity (Wildman–Crippen MR) is 103 cm³/mol. The topological polar surface area (TPSA) is 59.9 Å². The number of benzene rings is 1. The third kappa shape index (κ3) is 6.58. The Labute approximate surface area is 151 Å². The highest BCUT2D eigenvalue weighted by Gasteiger charge is 2.14. The number of hydrogen-bond donors (Lipinski definition) is 0. The standard InChI is InChI=1S/C20H28N2O2S/c1-17(2)25(23,24)14-10-5-3-4-9-13-19-15-22-20(16-21-19)18-11-7-6-8-12-18/h6-8,11-12,15-17H,3-5,9-10,13-14H2,1-2H3. The smallest absolute Gasteiger partial charge is 0.152 e. The molecule has 0 atom stereocenters. The Balaban J connectivity index is 1.64. The maximum atomic E-state index is 11.7. The summed E-state index contributed by atoms with van der Waals surface area (Å²) < 4.78 is 23.4. The maximum Gasteiger partial charge on any atom is 0.152 e. The van der Waals surface area contributed by atoms with Gasteiger partial charge in [0.1, 0.15) is 0 Å². The third-order valence-electron chi connectivity index (χ3n) is 4.35. The van der Waals surface area contributed by atoms with Crippen LogP contribution in [0.25, 0.3) is 11.3 Å². The Kier molecular flexibility index (Phi) is 7.56. The minimum atomic E-state index is -2.88. The molecule has 1 heterocycles. The first-order chi connectivity index (χ1) is 12.0. The van der Waals surface area contributed by atoms with Crippen LogP contribution in [-0.2, 0) is 16.3 Å². The van der Waals surface area contributed by atoms with Gasteiger partial charge in [0.15, 0.2) is 9.84 Å². The first-order valence-electron chi connectivity index (χ1n) is 9.07. The van der Waals surface area contributed by atoms with E-state index in [2.05, 4.69) is 9.97 Å². The quantitative estimate of drug-likeness (QED) is 0.587. The van der Waals surface area contributed by atoms with Crippen molar-refractivity contribution in [2.75, 3.05) is 5.75 Å². The van der Waals surface area contributed by atoms with E-state index < -0.39 is 9.84 Å². The van der Waals surface area contributed by atoms with Gasteiger partial charge in [0, 0.05) is 11.8 Å². The molecular weight excluding hydrogens is 332 g/mol. The summed E-state index contributed by atoms with van der Waals surface area (Å²) in [5.74, 6) is 0.317. The zero-order valence-corrected chi connectivity index (χ0v) is 16.0. The number of hydrogen-bond acceptors (Lipinski definition) is 4. The van der Waals surface area contributed by atoms with E-state index in [-0.39, 0.29) is 5.25 Å². The monoisotopic (exact) mass is 360 g/mol. The molecule has 4 nitrogen and oxygen atoms in total. The zero-order chi connectivity index (χ0) is 18.1. The lowest BCUT2D eigenvalue weighted by atomic mass is 10.1. The van der Waals surface area contributed by atoms with Crippen LogP contribution in [0.3, 0.4) is 0 Å². The van der Waals surface area contributed by atoms with Crippen LogP contribution in [0.1, 0.15) is 51.6 Å². The van der Waals surface area contributed by atoms with Crippen LogP contribution >= 0.6 is 0 Å². The van der Waals surface area contributed by atoms with E-state index >= 15 is 0 Å². The average molecular weight is 361 g/mol. The van der Waals surface area contributed by atoms with E-state index in [1.54, 1.807) is 13.8 Å². The van der Waals surface area contributed by atoms with Crippen molar-refractivity contribution in [2.45, 2.75) is 57.6 Å². The maximum absolute atomic E-state index is 11.7. The van der Waals surface area contributed by atoms with Gasteiger partial charge in [0.25, 0.3) is 0 Å². The van der Waals surface area contributed by atoms with E-state index in [1.165, 1.54) is 0 Å². The molecule has 0 spiro atoms. The fourth-order valence-corrected chi connectivity index (χ4v) is 3.70. The van der Waals surface area contributed by atoms with Gasteiger partial charge in [-0.15, -0.1) is 0 Å². The number of aryl methyl sites for hydroxylation is 1. The van der Waals surface area contributed by atoms with Crippen molar-refractivity contribution in [1.82, 2.24) is 9.97 Å². The molecule has 1 aromatic carbocycles. The lowest BCUT2D eigenvalue weighted by molar-refractivity contribution is 0.576. The molecule has 0 aliphatic rings. The Bertz CT molecular complexity index is 726. The molecule has 0 unspecified atom stereocenters. The van der Waals surface area contributed by atoms with E-state index in [4.69, 9.17) is 0 Å². The van der Waals surface area contributed by atoms with Crippen molar-refractivity contribution >= 4 is 9.84 Å². The summed E-state index contributed by atoms with van der Waals surface area (Å²) in [4.78, 5) is 8.99. The number of unbranched alkanes of at least 4 members (excludes halogenated alkanes) is 4. The van der Waals surface area contributed by atoms with Crippen molar-refractivity contribution in [1.29, 1.82) is 0 Å². The van der Waals surface area contributed by atoms with Crippen LogP contribution < -0.4 is 0 Å². The minimum Gasteiger partial charge on any atom is -0.257 e. The van der Waals surface area contributed by atoms with Gasteiger partial charge in [-0.2, -0.15) is 0 Å². The Morgan fingerprint density at radius 1 is 0.880 bits per heavy atom. The van der Waals surface area contributed by atoms with Gasteiger partial charge in [0.2, 0.25) is 0 Å². The number of nitrogens with zero attached hydrogens (tertiary/aromatic N) is 2. The summed E-state index contributed by atoms with van der Waals surface area (Å²) in [7, 11) is -2.88. The molecule has 1 aromatic heterocycles. The Morgan fingerprint density at radius 2 is 1.56 bits per heavy atom. The van der Waals surface area contributed by atoms with Gasteiger partial charge in [-0.05, 0) is 33.1 Å². The summed E-state index contributed by atoms with van der Waals surface area (Å²) in [5.41, 5.74) is 3.00. The van der Waals surface area contributed by atoms with E-state index in [0.29, 0.717) is 5.75 Å². The summed E-state index contributed by atoms with van der Waals surface area (Å²) in [6.07, 6.45) is 9.60. The molecule has 0 fully saturated rings. The highest BCUT2D eigenvalue weighted by atomic mass is 32.2. The molecule has 0 aliphatic carbocycles. The largest absolute Gasteiger partial charge is 0.257 e. The van der Waals surface area contributed by atoms with Crippen molar-refractivity contribution in [3.05, 3.63) is 48.4 Å². The number of sulfone groups is 1. The lowest BCUT2D eigenvalue weighted by Gasteiger charge is -2.07. The summed E-state index contributed by atoms with van der Waals surface area (Å²) in [6.45, 7) is 3.50. The van der Waals surface area contributed by atoms with Gasteiger partial charge < -0.3 is 0 Å². The first-order valence-corrected chi connectivity index (χ1v) is 10.8. The highest BCUT2D eigenvalue weighted by molar-refractivity contribution is 7.91. The Hall–Kier alpha value is -1.75. The molecule has 0 radical (unpaired) electrons. The zero-order valence-electron chi connectivity index (χ0n) is 15.2. The van der Waals surface area contributed by atoms with Gasteiger partial charge in [-0.25, -0.2) is 8.42 Å². The van der Waals surface area contributed by atoms with Crippen LogP contribution in [-0.4, -0.2) is 29.4 Å². The SMILES string of the molecule is CC(C)S(=O)(=O)CCCCCCCc1cnc(-c2ccccc2)cn1. The van der Waals surface area contributed by atoms with Gasteiger partial charge in [0.05, 0.1) is 28.6 Å². The molecule has 0 saturated heterocycles. The van der Waals surface area contributed by atoms with Crippen LogP contribution in [0.4, 0.5) is 0 Å². The fraction of sp³-hybridized carbons (Fsp3) is 0.500. The van der Waals surface area contributed by atoms with E-state index in [1.807, 2.05) is 42.7 Å². The van der Waals surface area contributed by atoms with Crippen LogP contribution in [0.2, 0.25) is 0 Å². The molecule has 0 saturated carbocycles. The predicted octanol–water partition coefficient (Wildman–Crippen LogP) is 4.46. The van der Waals surface area contributed by atoms with Crippen molar-refractivity contribution < 1.29 is 8.42 Å². The third-order valence-corrected chi connectivity index (χ3v) is 6.65. The van der Waals surface area contributed by atoms with Gasteiger partial charge >= 0.3 is 0 Å². The Morgan fingerprint density at radius 3 is 2.20 bits per heavy atom.